The molecule has 2 aliphatic heterocycles. The lowest BCUT2D eigenvalue weighted by molar-refractivity contribution is -0.138. The van der Waals surface area contributed by atoms with Crippen LogP contribution in [0.1, 0.15) is 39.5 Å². The zero-order valence-electron chi connectivity index (χ0n) is 12.4. The normalized spacial score (nSPS) is 29.8. The highest BCUT2D eigenvalue weighted by Crippen LogP contribution is 2.21. The number of carbonyl (C=O) groups excluding carboxylic acids is 1. The fourth-order valence-electron chi connectivity index (χ4n) is 3.13. The van der Waals surface area contributed by atoms with E-state index in [9.17, 15) is 4.79 Å². The summed E-state index contributed by atoms with van der Waals surface area (Å²) in [6, 6.07) is 0.400. The Kier molecular flexibility index (Phi) is 5.64. The summed E-state index contributed by atoms with van der Waals surface area (Å²) in [5, 5.41) is 3.62. The summed E-state index contributed by atoms with van der Waals surface area (Å²) in [7, 11) is 0. The lowest BCUT2D eigenvalue weighted by atomic mass is 9.95. The van der Waals surface area contributed by atoms with Gasteiger partial charge in [-0.15, -0.1) is 0 Å². The van der Waals surface area contributed by atoms with Crippen molar-refractivity contribution in [3.63, 3.8) is 0 Å². The summed E-state index contributed by atoms with van der Waals surface area (Å²) in [5.41, 5.74) is 0. The van der Waals surface area contributed by atoms with Crippen molar-refractivity contribution < 1.29 is 9.53 Å². The highest BCUT2D eigenvalue weighted by molar-refractivity contribution is 5.79. The third kappa shape index (κ3) is 3.93. The molecule has 110 valence electrons. The maximum atomic E-state index is 12.2. The van der Waals surface area contributed by atoms with Crippen molar-refractivity contribution >= 4 is 5.91 Å². The summed E-state index contributed by atoms with van der Waals surface area (Å²) in [4.78, 5) is 14.3. The number of piperidine rings is 1. The van der Waals surface area contributed by atoms with Gasteiger partial charge in [0.25, 0.3) is 0 Å². The van der Waals surface area contributed by atoms with Crippen LogP contribution in [0.5, 0.6) is 0 Å². The molecule has 0 aliphatic carbocycles. The van der Waals surface area contributed by atoms with Crippen molar-refractivity contribution in [3.05, 3.63) is 0 Å². The number of carbonyl (C=O) groups is 1. The van der Waals surface area contributed by atoms with Gasteiger partial charge in [-0.1, -0.05) is 13.8 Å². The SMILES string of the molecule is CCCNC(CN1CCCC(C)C1=O)C1CCOC1. The Labute approximate surface area is 116 Å². The third-order valence-corrected chi connectivity index (χ3v) is 4.41. The van der Waals surface area contributed by atoms with Gasteiger partial charge in [-0.3, -0.25) is 4.79 Å². The molecule has 3 atom stereocenters. The molecule has 2 saturated heterocycles. The number of amides is 1. The predicted octanol–water partition coefficient (Wildman–Crippen LogP) is 1.65. The van der Waals surface area contributed by atoms with Crippen molar-refractivity contribution in [2.24, 2.45) is 11.8 Å². The van der Waals surface area contributed by atoms with E-state index >= 15 is 0 Å². The smallest absolute Gasteiger partial charge is 0.225 e. The van der Waals surface area contributed by atoms with Crippen LogP contribution < -0.4 is 5.32 Å². The zero-order chi connectivity index (χ0) is 13.7. The fraction of sp³-hybridized carbons (Fsp3) is 0.933. The predicted molar refractivity (Wildman–Crippen MR) is 76.0 cm³/mol. The minimum Gasteiger partial charge on any atom is -0.381 e. The van der Waals surface area contributed by atoms with Gasteiger partial charge < -0.3 is 15.0 Å². The van der Waals surface area contributed by atoms with Gasteiger partial charge in [0, 0.05) is 37.6 Å². The summed E-state index contributed by atoms with van der Waals surface area (Å²) >= 11 is 0. The molecule has 0 spiro atoms. The number of nitrogens with zero attached hydrogens (tertiary/aromatic N) is 1. The van der Waals surface area contributed by atoms with Gasteiger partial charge in [0.05, 0.1) is 6.61 Å². The first-order valence-electron chi connectivity index (χ1n) is 7.82. The Morgan fingerprint density at radius 3 is 3.00 bits per heavy atom. The molecule has 0 bridgehead atoms. The van der Waals surface area contributed by atoms with E-state index in [-0.39, 0.29) is 5.92 Å². The molecule has 2 rings (SSSR count). The second-order valence-electron chi connectivity index (χ2n) is 6.01. The maximum Gasteiger partial charge on any atom is 0.225 e. The van der Waals surface area contributed by atoms with Crippen LogP contribution in [0, 0.1) is 11.8 Å². The average molecular weight is 268 g/mol. The molecule has 2 heterocycles. The fourth-order valence-corrected chi connectivity index (χ4v) is 3.13. The van der Waals surface area contributed by atoms with E-state index in [0.29, 0.717) is 17.9 Å². The Bertz CT molecular complexity index is 290. The molecule has 0 saturated carbocycles. The molecule has 0 aromatic heterocycles. The molecular weight excluding hydrogens is 240 g/mol. The lowest BCUT2D eigenvalue weighted by Crippen LogP contribution is -2.50. The quantitative estimate of drug-likeness (QED) is 0.796. The van der Waals surface area contributed by atoms with E-state index < -0.39 is 0 Å². The summed E-state index contributed by atoms with van der Waals surface area (Å²) in [6.45, 7) is 8.78. The molecule has 2 aliphatic rings. The molecule has 1 N–H and O–H groups in total. The first kappa shape index (κ1) is 14.8. The Morgan fingerprint density at radius 1 is 1.47 bits per heavy atom. The Balaban J connectivity index is 1.92. The molecule has 1 amide bonds. The highest BCUT2D eigenvalue weighted by atomic mass is 16.5. The minimum absolute atomic E-state index is 0.209. The molecule has 0 aromatic carbocycles. The second kappa shape index (κ2) is 7.25. The van der Waals surface area contributed by atoms with Crippen LogP contribution in [-0.4, -0.2) is 49.7 Å². The highest BCUT2D eigenvalue weighted by Gasteiger charge is 2.31. The van der Waals surface area contributed by atoms with Crippen molar-refractivity contribution in [2.75, 3.05) is 32.8 Å². The van der Waals surface area contributed by atoms with Gasteiger partial charge in [-0.25, -0.2) is 0 Å². The van der Waals surface area contributed by atoms with Gasteiger partial charge in [0.2, 0.25) is 5.91 Å². The number of hydrogen-bond acceptors (Lipinski definition) is 3. The number of hydrogen-bond donors (Lipinski definition) is 1. The number of likely N-dealkylation sites (tertiary alicyclic amines) is 1. The molecule has 4 nitrogen and oxygen atoms in total. The van der Waals surface area contributed by atoms with Crippen molar-refractivity contribution in [3.8, 4) is 0 Å². The van der Waals surface area contributed by atoms with E-state index in [1.54, 1.807) is 0 Å². The summed E-state index contributed by atoms with van der Waals surface area (Å²) < 4.78 is 5.51. The molecule has 2 fully saturated rings. The van der Waals surface area contributed by atoms with Crippen LogP contribution in [0.25, 0.3) is 0 Å². The zero-order valence-corrected chi connectivity index (χ0v) is 12.4. The van der Waals surface area contributed by atoms with E-state index in [4.69, 9.17) is 4.74 Å². The summed E-state index contributed by atoms with van der Waals surface area (Å²) in [6.07, 6.45) is 4.46. The first-order chi connectivity index (χ1) is 9.22. The summed E-state index contributed by atoms with van der Waals surface area (Å²) in [5.74, 6) is 1.12. The van der Waals surface area contributed by atoms with Crippen LogP contribution in [0.2, 0.25) is 0 Å². The van der Waals surface area contributed by atoms with E-state index in [1.807, 2.05) is 0 Å². The van der Waals surface area contributed by atoms with Crippen molar-refractivity contribution in [1.29, 1.82) is 0 Å². The molecule has 4 heteroatoms. The van der Waals surface area contributed by atoms with Crippen molar-refractivity contribution in [2.45, 2.75) is 45.6 Å². The Hall–Kier alpha value is -0.610. The monoisotopic (exact) mass is 268 g/mol. The van der Waals surface area contributed by atoms with Crippen LogP contribution in [0.3, 0.4) is 0 Å². The van der Waals surface area contributed by atoms with Crippen LogP contribution in [-0.2, 0) is 9.53 Å². The van der Waals surface area contributed by atoms with Crippen LogP contribution >= 0.6 is 0 Å². The van der Waals surface area contributed by atoms with E-state index in [1.165, 1.54) is 0 Å². The average Bonchev–Trinajstić information content (AvgIpc) is 2.93. The molecule has 0 aromatic rings. The van der Waals surface area contributed by atoms with Crippen molar-refractivity contribution in [1.82, 2.24) is 10.2 Å². The molecule has 0 radical (unpaired) electrons. The van der Waals surface area contributed by atoms with Gasteiger partial charge in [0.15, 0.2) is 0 Å². The Morgan fingerprint density at radius 2 is 2.32 bits per heavy atom. The van der Waals surface area contributed by atoms with Gasteiger partial charge >= 0.3 is 0 Å². The van der Waals surface area contributed by atoms with Crippen LogP contribution in [0.15, 0.2) is 0 Å². The molecule has 3 unspecified atom stereocenters. The topological polar surface area (TPSA) is 41.6 Å². The largest absolute Gasteiger partial charge is 0.381 e. The first-order valence-corrected chi connectivity index (χ1v) is 7.82. The standard InChI is InChI=1S/C15H28N2O2/c1-3-7-16-14(13-6-9-19-11-13)10-17-8-4-5-12(2)15(17)18/h12-14,16H,3-11H2,1-2H3. The molecule has 19 heavy (non-hydrogen) atoms. The second-order valence-corrected chi connectivity index (χ2v) is 6.01. The van der Waals surface area contributed by atoms with Gasteiger partial charge in [0.1, 0.15) is 0 Å². The minimum atomic E-state index is 0.209. The third-order valence-electron chi connectivity index (χ3n) is 4.41. The number of ether oxygens (including phenoxy) is 1. The maximum absolute atomic E-state index is 12.2. The van der Waals surface area contributed by atoms with Gasteiger partial charge in [-0.05, 0) is 32.2 Å². The van der Waals surface area contributed by atoms with Crippen LogP contribution in [0.4, 0.5) is 0 Å². The molecular formula is C15H28N2O2. The lowest BCUT2D eigenvalue weighted by Gasteiger charge is -2.35. The number of nitrogens with one attached hydrogen (secondary N) is 1. The van der Waals surface area contributed by atoms with E-state index in [2.05, 4.69) is 24.1 Å². The number of rotatable bonds is 6. The van der Waals surface area contributed by atoms with E-state index in [0.717, 1.165) is 58.5 Å². The van der Waals surface area contributed by atoms with Gasteiger partial charge in [-0.2, -0.15) is 0 Å².